The first-order valence-electron chi connectivity index (χ1n) is 11.1. The number of rotatable bonds is 5. The Morgan fingerprint density at radius 3 is 2.71 bits per heavy atom. The summed E-state index contributed by atoms with van der Waals surface area (Å²) >= 11 is 1.68. The summed E-state index contributed by atoms with van der Waals surface area (Å²) in [6.07, 6.45) is 5.35. The molecular weight excluding hydrogens is 461 g/mol. The monoisotopic (exact) mass is 483 g/mol. The average molecular weight is 484 g/mol. The SMILES string of the molecule is Cc1ccc(-c2nccc3[nH]c(-c4[nH]nc5c(F)cc(-c6cncc(CN(C)C)c6)cc45)nc23)s1. The van der Waals surface area contributed by atoms with Crippen LogP contribution in [0.2, 0.25) is 0 Å². The molecule has 0 unspecified atom stereocenters. The van der Waals surface area contributed by atoms with Crippen LogP contribution < -0.4 is 0 Å². The molecule has 0 amide bonds. The standard InChI is InChI=1S/C26H22FN7S/c1-14-4-5-21(35-14)25-24-20(6-7-29-25)30-26(31-24)23-18-9-16(10-19(27)22(18)32-33-23)17-8-15(11-28-12-17)13-34(2)3/h4-12H,13H2,1-3H3,(H,30,31)(H,32,33). The van der Waals surface area contributed by atoms with E-state index in [-0.39, 0.29) is 5.52 Å². The number of hydrogen-bond acceptors (Lipinski definition) is 6. The number of aromatic nitrogens is 6. The number of aromatic amines is 2. The number of imidazole rings is 1. The lowest BCUT2D eigenvalue weighted by Gasteiger charge is -2.10. The van der Waals surface area contributed by atoms with E-state index in [4.69, 9.17) is 4.98 Å². The van der Waals surface area contributed by atoms with Crippen molar-refractivity contribution in [2.24, 2.45) is 0 Å². The molecule has 0 spiro atoms. The topological polar surface area (TPSA) is 86.4 Å². The number of H-pyrrole nitrogens is 2. The molecule has 5 aromatic heterocycles. The fourth-order valence-electron chi connectivity index (χ4n) is 4.32. The molecule has 1 aromatic carbocycles. The Morgan fingerprint density at radius 2 is 1.91 bits per heavy atom. The number of thiophene rings is 1. The van der Waals surface area contributed by atoms with E-state index >= 15 is 4.39 Å². The summed E-state index contributed by atoms with van der Waals surface area (Å²) in [5.41, 5.74) is 5.99. The Kier molecular flexibility index (Phi) is 5.16. The predicted molar refractivity (Wildman–Crippen MR) is 138 cm³/mol. The van der Waals surface area contributed by atoms with E-state index in [9.17, 15) is 0 Å². The van der Waals surface area contributed by atoms with Gasteiger partial charge in [0.1, 0.15) is 22.4 Å². The zero-order valence-corrected chi connectivity index (χ0v) is 20.2. The maximum atomic E-state index is 15.1. The number of benzene rings is 1. The second kappa shape index (κ2) is 8.37. The lowest BCUT2D eigenvalue weighted by atomic mass is 10.0. The van der Waals surface area contributed by atoms with E-state index in [0.29, 0.717) is 16.9 Å². The fourth-order valence-corrected chi connectivity index (χ4v) is 5.18. The maximum absolute atomic E-state index is 15.1. The van der Waals surface area contributed by atoms with Crippen LogP contribution in [0.1, 0.15) is 10.4 Å². The molecule has 6 aromatic rings. The van der Waals surface area contributed by atoms with Crippen molar-refractivity contribution in [2.75, 3.05) is 14.1 Å². The molecule has 9 heteroatoms. The van der Waals surface area contributed by atoms with Crippen molar-refractivity contribution < 1.29 is 4.39 Å². The Morgan fingerprint density at radius 1 is 1.03 bits per heavy atom. The van der Waals surface area contributed by atoms with Gasteiger partial charge in [-0.05, 0) is 68.5 Å². The summed E-state index contributed by atoms with van der Waals surface area (Å²) in [5.74, 6) is 0.187. The van der Waals surface area contributed by atoms with Crippen LogP contribution in [0.4, 0.5) is 4.39 Å². The smallest absolute Gasteiger partial charge is 0.157 e. The minimum Gasteiger partial charge on any atom is -0.337 e. The summed E-state index contributed by atoms with van der Waals surface area (Å²) < 4.78 is 15.1. The Balaban J connectivity index is 1.48. The molecule has 7 nitrogen and oxygen atoms in total. The van der Waals surface area contributed by atoms with E-state index in [1.807, 2.05) is 38.5 Å². The van der Waals surface area contributed by atoms with E-state index in [2.05, 4.69) is 49.1 Å². The minimum absolute atomic E-state index is 0.272. The van der Waals surface area contributed by atoms with Gasteiger partial charge >= 0.3 is 0 Å². The molecule has 2 N–H and O–H groups in total. The van der Waals surface area contributed by atoms with E-state index in [1.165, 1.54) is 10.9 Å². The van der Waals surface area contributed by atoms with Gasteiger partial charge in [0.15, 0.2) is 11.6 Å². The van der Waals surface area contributed by atoms with Crippen molar-refractivity contribution in [3.05, 3.63) is 71.2 Å². The van der Waals surface area contributed by atoms with E-state index in [0.717, 1.165) is 44.8 Å². The quantitative estimate of drug-likeness (QED) is 0.324. The molecular formula is C26H22FN7S. The van der Waals surface area contributed by atoms with Gasteiger partial charge < -0.3 is 9.88 Å². The van der Waals surface area contributed by atoms with Crippen molar-refractivity contribution in [2.45, 2.75) is 13.5 Å². The average Bonchev–Trinajstić information content (AvgIpc) is 3.56. The number of nitrogens with zero attached hydrogens (tertiary/aromatic N) is 5. The minimum atomic E-state index is -0.398. The number of halogens is 1. The normalized spacial score (nSPS) is 11.8. The van der Waals surface area contributed by atoms with Gasteiger partial charge in [-0.2, -0.15) is 5.10 Å². The highest BCUT2D eigenvalue weighted by Gasteiger charge is 2.19. The van der Waals surface area contributed by atoms with Crippen LogP contribution in [-0.2, 0) is 6.54 Å². The Labute approximate surface area is 204 Å². The molecule has 35 heavy (non-hydrogen) atoms. The van der Waals surface area contributed by atoms with Crippen molar-refractivity contribution in [3.8, 4) is 33.2 Å². The largest absolute Gasteiger partial charge is 0.337 e. The zero-order chi connectivity index (χ0) is 24.1. The molecule has 6 rings (SSSR count). The first-order chi connectivity index (χ1) is 17.0. The summed E-state index contributed by atoms with van der Waals surface area (Å²) in [6, 6.07) is 11.5. The van der Waals surface area contributed by atoms with Crippen LogP contribution in [0.5, 0.6) is 0 Å². The van der Waals surface area contributed by atoms with Crippen LogP contribution in [0.15, 0.2) is 55.0 Å². The summed E-state index contributed by atoms with van der Waals surface area (Å²) in [4.78, 5) is 21.5. The Hall–Kier alpha value is -3.95. The van der Waals surface area contributed by atoms with Gasteiger partial charge in [0.25, 0.3) is 0 Å². The van der Waals surface area contributed by atoms with Crippen LogP contribution in [0.25, 0.3) is 55.2 Å². The molecule has 0 aliphatic carbocycles. The van der Waals surface area contributed by atoms with Crippen molar-refractivity contribution in [3.63, 3.8) is 0 Å². The van der Waals surface area contributed by atoms with Crippen molar-refractivity contribution >= 4 is 33.3 Å². The summed E-state index contributed by atoms with van der Waals surface area (Å²) in [5, 5.41) is 7.88. The molecule has 0 fully saturated rings. The lowest BCUT2D eigenvalue weighted by Crippen LogP contribution is -2.10. The fraction of sp³-hybridized carbons (Fsp3) is 0.154. The van der Waals surface area contributed by atoms with Gasteiger partial charge in [0.05, 0.1) is 10.4 Å². The van der Waals surface area contributed by atoms with Crippen molar-refractivity contribution in [1.29, 1.82) is 0 Å². The van der Waals surface area contributed by atoms with Gasteiger partial charge in [-0.15, -0.1) is 11.3 Å². The van der Waals surface area contributed by atoms with Gasteiger partial charge in [0, 0.05) is 41.0 Å². The summed E-state index contributed by atoms with van der Waals surface area (Å²) in [6.45, 7) is 2.82. The molecule has 0 aliphatic heterocycles. The highest BCUT2D eigenvalue weighted by molar-refractivity contribution is 7.15. The van der Waals surface area contributed by atoms with Gasteiger partial charge in [-0.25, -0.2) is 9.37 Å². The van der Waals surface area contributed by atoms with Crippen LogP contribution in [0.3, 0.4) is 0 Å². The van der Waals surface area contributed by atoms with Crippen LogP contribution in [-0.4, -0.2) is 49.1 Å². The van der Waals surface area contributed by atoms with Gasteiger partial charge in [-0.3, -0.25) is 15.1 Å². The highest BCUT2D eigenvalue weighted by Crippen LogP contribution is 2.35. The number of hydrogen-bond donors (Lipinski definition) is 2. The van der Waals surface area contributed by atoms with Crippen LogP contribution in [0, 0.1) is 12.7 Å². The third kappa shape index (κ3) is 3.88. The Bertz CT molecular complexity index is 1700. The molecule has 0 aliphatic rings. The van der Waals surface area contributed by atoms with Gasteiger partial charge in [0.2, 0.25) is 0 Å². The first-order valence-corrected chi connectivity index (χ1v) is 12.0. The molecule has 0 radical (unpaired) electrons. The van der Waals surface area contributed by atoms with Gasteiger partial charge in [-0.1, -0.05) is 0 Å². The maximum Gasteiger partial charge on any atom is 0.157 e. The molecule has 0 saturated heterocycles. The number of aryl methyl sites for hydroxylation is 1. The molecule has 0 bridgehead atoms. The molecule has 5 heterocycles. The third-order valence-corrected chi connectivity index (χ3v) is 6.86. The molecule has 0 saturated carbocycles. The second-order valence-corrected chi connectivity index (χ2v) is 10.1. The first kappa shape index (κ1) is 21.6. The van der Waals surface area contributed by atoms with Crippen molar-refractivity contribution in [1.82, 2.24) is 35.0 Å². The highest BCUT2D eigenvalue weighted by atomic mass is 32.1. The van der Waals surface area contributed by atoms with E-state index < -0.39 is 5.82 Å². The third-order valence-electron chi connectivity index (χ3n) is 5.85. The number of nitrogens with one attached hydrogen (secondary N) is 2. The summed E-state index contributed by atoms with van der Waals surface area (Å²) in [7, 11) is 4.01. The van der Waals surface area contributed by atoms with Crippen LogP contribution >= 0.6 is 11.3 Å². The lowest BCUT2D eigenvalue weighted by molar-refractivity contribution is 0.402. The number of pyridine rings is 2. The molecule has 0 atom stereocenters. The molecule has 174 valence electrons. The van der Waals surface area contributed by atoms with E-state index in [1.54, 1.807) is 23.7 Å². The zero-order valence-electron chi connectivity index (χ0n) is 19.4. The predicted octanol–water partition coefficient (Wildman–Crippen LogP) is 5.80. The second-order valence-electron chi connectivity index (χ2n) is 8.82. The number of fused-ring (bicyclic) bond motifs is 2.